The van der Waals surface area contributed by atoms with E-state index in [0.717, 1.165) is 11.1 Å². The van der Waals surface area contributed by atoms with Crippen LogP contribution in [0.5, 0.6) is 0 Å². The lowest BCUT2D eigenvalue weighted by molar-refractivity contribution is 0.0944. The Hall–Kier alpha value is -2.24. The molecule has 6 heteroatoms. The van der Waals surface area contributed by atoms with Crippen LogP contribution in [0.15, 0.2) is 18.2 Å². The van der Waals surface area contributed by atoms with Gasteiger partial charge >= 0.3 is 0 Å². The summed E-state index contributed by atoms with van der Waals surface area (Å²) in [6.07, 6.45) is 0.640. The molecule has 2 rings (SSSR count). The summed E-state index contributed by atoms with van der Waals surface area (Å²) in [6.45, 7) is 4.03. The molecule has 1 heterocycles. The number of aryl methyl sites for hydroxylation is 2. The van der Waals surface area contributed by atoms with Crippen LogP contribution in [-0.2, 0) is 6.42 Å². The number of carbonyl (C=O) groups excluding carboxylic acids is 1. The monoisotopic (exact) mass is 262 g/mol. The third-order valence-corrected chi connectivity index (χ3v) is 2.78. The molecule has 5 nitrogen and oxygen atoms in total. The van der Waals surface area contributed by atoms with Gasteiger partial charge in [-0.25, -0.2) is 9.37 Å². The Labute approximate surface area is 110 Å². The second-order valence-corrected chi connectivity index (χ2v) is 4.32. The van der Waals surface area contributed by atoms with Gasteiger partial charge in [-0.2, -0.15) is 0 Å². The maximum absolute atomic E-state index is 12.9. The average molecular weight is 262 g/mol. The molecule has 0 unspecified atom stereocenters. The molecule has 0 atom stereocenters. The molecule has 0 aliphatic carbocycles. The Morgan fingerprint density at radius 1 is 1.42 bits per heavy atom. The van der Waals surface area contributed by atoms with Crippen LogP contribution in [0.4, 0.5) is 4.39 Å². The molecule has 1 aromatic carbocycles. The molecule has 1 aromatic heterocycles. The molecular formula is C13H15FN4O. The van der Waals surface area contributed by atoms with Crippen LogP contribution in [0.2, 0.25) is 0 Å². The minimum Gasteiger partial charge on any atom is -0.349 e. The topological polar surface area (TPSA) is 70.7 Å². The summed E-state index contributed by atoms with van der Waals surface area (Å²) in [5.41, 5.74) is 1.89. The van der Waals surface area contributed by atoms with Crippen molar-refractivity contribution in [1.82, 2.24) is 20.5 Å². The van der Waals surface area contributed by atoms with Crippen molar-refractivity contribution in [2.24, 2.45) is 0 Å². The molecule has 2 aromatic rings. The number of hydrogen-bond donors (Lipinski definition) is 2. The second-order valence-electron chi connectivity index (χ2n) is 4.32. The Morgan fingerprint density at radius 2 is 2.21 bits per heavy atom. The summed E-state index contributed by atoms with van der Waals surface area (Å²) in [4.78, 5) is 15.6. The van der Waals surface area contributed by atoms with Crippen molar-refractivity contribution in [2.45, 2.75) is 20.3 Å². The lowest BCUT2D eigenvalue weighted by Crippen LogP contribution is -2.26. The Morgan fingerprint density at radius 3 is 2.84 bits per heavy atom. The fourth-order valence-corrected chi connectivity index (χ4v) is 1.77. The van der Waals surface area contributed by atoms with E-state index in [1.54, 1.807) is 13.0 Å². The number of H-pyrrole nitrogens is 1. The van der Waals surface area contributed by atoms with Crippen molar-refractivity contribution in [1.29, 1.82) is 0 Å². The highest BCUT2D eigenvalue weighted by Crippen LogP contribution is 2.10. The molecule has 1 amide bonds. The van der Waals surface area contributed by atoms with E-state index in [2.05, 4.69) is 20.5 Å². The van der Waals surface area contributed by atoms with Crippen LogP contribution in [-0.4, -0.2) is 27.6 Å². The maximum Gasteiger partial charge on any atom is 0.290 e. The Bertz CT molecular complexity index is 594. The highest BCUT2D eigenvalue weighted by atomic mass is 19.1. The standard InChI is InChI=1S/C13H15FN4O/c1-8-7-11(14)4-3-10(8)5-6-15-13(19)12-16-9(2)17-18-12/h3-4,7H,5-6H2,1-2H3,(H,15,19)(H,16,17,18). The molecule has 0 aliphatic rings. The highest BCUT2D eigenvalue weighted by Gasteiger charge is 2.10. The molecule has 0 saturated heterocycles. The van der Waals surface area contributed by atoms with Gasteiger partial charge in [0.25, 0.3) is 5.91 Å². The minimum absolute atomic E-state index is 0.133. The van der Waals surface area contributed by atoms with Crippen LogP contribution in [0.1, 0.15) is 27.6 Å². The fraction of sp³-hybridized carbons (Fsp3) is 0.308. The summed E-state index contributed by atoms with van der Waals surface area (Å²) in [5, 5.41) is 9.11. The van der Waals surface area contributed by atoms with Gasteiger partial charge in [-0.15, -0.1) is 5.10 Å². The normalized spacial score (nSPS) is 10.5. The first kappa shape index (κ1) is 13.2. The van der Waals surface area contributed by atoms with Gasteiger partial charge in [0.05, 0.1) is 0 Å². The number of hydrogen-bond acceptors (Lipinski definition) is 3. The first-order valence-corrected chi connectivity index (χ1v) is 5.98. The van der Waals surface area contributed by atoms with Crippen molar-refractivity contribution < 1.29 is 9.18 Å². The summed E-state index contributed by atoms with van der Waals surface area (Å²) >= 11 is 0. The Balaban J connectivity index is 1.88. The quantitative estimate of drug-likeness (QED) is 0.878. The number of amides is 1. The van der Waals surface area contributed by atoms with Gasteiger partial charge in [0.1, 0.15) is 11.6 Å². The van der Waals surface area contributed by atoms with Crippen LogP contribution in [0.25, 0.3) is 0 Å². The van der Waals surface area contributed by atoms with Gasteiger partial charge < -0.3 is 5.32 Å². The summed E-state index contributed by atoms with van der Waals surface area (Å²) < 4.78 is 12.9. The second kappa shape index (κ2) is 5.60. The third kappa shape index (κ3) is 3.37. The SMILES string of the molecule is Cc1nc(C(=O)NCCc2ccc(F)cc2C)n[nH]1. The zero-order valence-corrected chi connectivity index (χ0v) is 10.8. The van der Waals surface area contributed by atoms with Crippen molar-refractivity contribution in [2.75, 3.05) is 6.54 Å². The molecule has 0 radical (unpaired) electrons. The number of aromatic amines is 1. The zero-order chi connectivity index (χ0) is 13.8. The highest BCUT2D eigenvalue weighted by molar-refractivity contribution is 5.90. The van der Waals surface area contributed by atoms with E-state index in [-0.39, 0.29) is 17.5 Å². The van der Waals surface area contributed by atoms with Crippen LogP contribution >= 0.6 is 0 Å². The number of carbonyl (C=O) groups is 1. The number of aromatic nitrogens is 3. The van der Waals surface area contributed by atoms with Gasteiger partial charge in [0.15, 0.2) is 0 Å². The summed E-state index contributed by atoms with van der Waals surface area (Å²) in [6, 6.07) is 4.63. The van der Waals surface area contributed by atoms with Crippen LogP contribution in [0.3, 0.4) is 0 Å². The Kier molecular flexibility index (Phi) is 3.89. The van der Waals surface area contributed by atoms with Crippen molar-refractivity contribution in [3.8, 4) is 0 Å². The van der Waals surface area contributed by atoms with Crippen LogP contribution in [0, 0.1) is 19.7 Å². The number of nitrogens with one attached hydrogen (secondary N) is 2. The van der Waals surface area contributed by atoms with Crippen molar-refractivity contribution in [3.63, 3.8) is 0 Å². The average Bonchev–Trinajstić information content (AvgIpc) is 2.78. The summed E-state index contributed by atoms with van der Waals surface area (Å²) in [5.74, 6) is 0.165. The van der Waals surface area contributed by atoms with Gasteiger partial charge in [-0.1, -0.05) is 6.07 Å². The van der Waals surface area contributed by atoms with Crippen molar-refractivity contribution in [3.05, 3.63) is 46.8 Å². The van der Waals surface area contributed by atoms with Crippen molar-refractivity contribution >= 4 is 5.91 Å². The lowest BCUT2D eigenvalue weighted by Gasteiger charge is -2.06. The lowest BCUT2D eigenvalue weighted by atomic mass is 10.1. The molecule has 0 spiro atoms. The first-order chi connectivity index (χ1) is 9.06. The molecule has 100 valence electrons. The van der Waals surface area contributed by atoms with Gasteiger partial charge in [0.2, 0.25) is 5.82 Å². The van der Waals surface area contributed by atoms with E-state index in [1.165, 1.54) is 12.1 Å². The molecule has 0 fully saturated rings. The molecule has 0 saturated carbocycles. The van der Waals surface area contributed by atoms with E-state index >= 15 is 0 Å². The number of rotatable bonds is 4. The maximum atomic E-state index is 12.9. The van der Waals surface area contributed by atoms with E-state index in [4.69, 9.17) is 0 Å². The molecule has 2 N–H and O–H groups in total. The fourth-order valence-electron chi connectivity index (χ4n) is 1.77. The number of benzene rings is 1. The predicted octanol–water partition coefficient (Wildman–Crippen LogP) is 1.53. The van der Waals surface area contributed by atoms with E-state index in [1.807, 2.05) is 6.92 Å². The number of nitrogens with zero attached hydrogens (tertiary/aromatic N) is 2. The number of halogens is 1. The minimum atomic E-state index is -0.316. The first-order valence-electron chi connectivity index (χ1n) is 5.98. The van der Waals surface area contributed by atoms with Gasteiger partial charge in [0, 0.05) is 6.54 Å². The van der Waals surface area contributed by atoms with Gasteiger partial charge in [-0.05, 0) is 43.5 Å². The summed E-state index contributed by atoms with van der Waals surface area (Å²) in [7, 11) is 0. The van der Waals surface area contributed by atoms with Gasteiger partial charge in [-0.3, -0.25) is 9.89 Å². The molecule has 19 heavy (non-hydrogen) atoms. The largest absolute Gasteiger partial charge is 0.349 e. The molecule has 0 bridgehead atoms. The van der Waals surface area contributed by atoms with E-state index < -0.39 is 0 Å². The molecular weight excluding hydrogens is 247 g/mol. The smallest absolute Gasteiger partial charge is 0.290 e. The predicted molar refractivity (Wildman–Crippen MR) is 68.3 cm³/mol. The molecule has 0 aliphatic heterocycles. The van der Waals surface area contributed by atoms with E-state index in [0.29, 0.717) is 18.8 Å². The van der Waals surface area contributed by atoms with E-state index in [9.17, 15) is 9.18 Å². The third-order valence-electron chi connectivity index (χ3n) is 2.78. The van der Waals surface area contributed by atoms with Crippen LogP contribution < -0.4 is 5.32 Å². The zero-order valence-electron chi connectivity index (χ0n) is 10.8.